The highest BCUT2D eigenvalue weighted by Crippen LogP contribution is 2.41. The summed E-state index contributed by atoms with van der Waals surface area (Å²) in [5.41, 5.74) is 0.162. The summed E-state index contributed by atoms with van der Waals surface area (Å²) in [6.45, 7) is -0.257. The van der Waals surface area contributed by atoms with Crippen LogP contribution in [0.25, 0.3) is 11.1 Å². The first-order valence-electron chi connectivity index (χ1n) is 15.8. The molecule has 2 aliphatic rings. The fourth-order valence-corrected chi connectivity index (χ4v) is 7.72. The van der Waals surface area contributed by atoms with Crippen LogP contribution in [0.2, 0.25) is 0 Å². The SMILES string of the molecule is O=C(OCc1cc(C(F)(F)F)cc(C(F)(F)F)c1)N1CCC2(CCc3cc(-c4ccc(CS(=O)(=O)Cc5ccccn5)cc4)ccc3O2)CC1. The van der Waals surface area contributed by atoms with Crippen LogP contribution in [0.3, 0.4) is 0 Å². The van der Waals surface area contributed by atoms with Gasteiger partial charge >= 0.3 is 18.4 Å². The van der Waals surface area contributed by atoms with Crippen molar-refractivity contribution in [2.24, 2.45) is 0 Å². The number of hydrogen-bond acceptors (Lipinski definition) is 6. The number of carbonyl (C=O) groups is 1. The normalized spacial score (nSPS) is 16.1. The van der Waals surface area contributed by atoms with E-state index in [0.717, 1.165) is 22.4 Å². The van der Waals surface area contributed by atoms with Crippen molar-refractivity contribution >= 4 is 15.9 Å². The molecule has 0 saturated carbocycles. The van der Waals surface area contributed by atoms with E-state index in [1.807, 2.05) is 30.3 Å². The molecule has 14 heteroatoms. The number of piperidine rings is 1. The topological polar surface area (TPSA) is 85.8 Å². The Labute approximate surface area is 284 Å². The number of aryl methyl sites for hydroxylation is 1. The first-order valence-corrected chi connectivity index (χ1v) is 17.6. The fourth-order valence-electron chi connectivity index (χ4n) is 6.30. The van der Waals surface area contributed by atoms with Crippen LogP contribution in [0.15, 0.2) is 85.1 Å². The summed E-state index contributed by atoms with van der Waals surface area (Å²) >= 11 is 0. The van der Waals surface area contributed by atoms with Gasteiger partial charge in [-0.1, -0.05) is 36.4 Å². The summed E-state index contributed by atoms with van der Waals surface area (Å²) < 4.78 is 116. The van der Waals surface area contributed by atoms with Gasteiger partial charge in [0.1, 0.15) is 18.0 Å². The summed E-state index contributed by atoms with van der Waals surface area (Å²) in [5, 5.41) is 0. The number of aromatic nitrogens is 1. The van der Waals surface area contributed by atoms with Crippen LogP contribution in [0.4, 0.5) is 31.1 Å². The Bertz CT molecular complexity index is 1930. The summed E-state index contributed by atoms with van der Waals surface area (Å²) in [4.78, 5) is 18.2. The largest absolute Gasteiger partial charge is 0.487 e. The molecule has 50 heavy (non-hydrogen) atoms. The predicted molar refractivity (Wildman–Crippen MR) is 172 cm³/mol. The molecule has 0 N–H and O–H groups in total. The lowest BCUT2D eigenvalue weighted by atomic mass is 9.82. The maximum Gasteiger partial charge on any atom is 0.416 e. The van der Waals surface area contributed by atoms with Gasteiger partial charge in [-0.05, 0) is 83.1 Å². The molecular weight excluding hydrogens is 686 g/mol. The first-order chi connectivity index (χ1) is 23.6. The molecule has 264 valence electrons. The number of sulfone groups is 1. The second kappa shape index (κ2) is 13.6. The second-order valence-corrected chi connectivity index (χ2v) is 14.7. The highest BCUT2D eigenvalue weighted by molar-refractivity contribution is 7.89. The van der Waals surface area contributed by atoms with E-state index in [1.165, 1.54) is 4.90 Å². The van der Waals surface area contributed by atoms with E-state index in [4.69, 9.17) is 9.47 Å². The summed E-state index contributed by atoms with van der Waals surface area (Å²) in [7, 11) is -3.40. The molecule has 0 radical (unpaired) electrons. The predicted octanol–water partition coefficient (Wildman–Crippen LogP) is 8.40. The number of hydrogen-bond donors (Lipinski definition) is 0. The monoisotopic (exact) mass is 718 g/mol. The van der Waals surface area contributed by atoms with E-state index >= 15 is 0 Å². The van der Waals surface area contributed by atoms with Crippen molar-refractivity contribution in [1.29, 1.82) is 0 Å². The van der Waals surface area contributed by atoms with E-state index in [0.29, 0.717) is 49.1 Å². The molecule has 0 atom stereocenters. The summed E-state index contributed by atoms with van der Waals surface area (Å²) in [6.07, 6.45) is -6.93. The van der Waals surface area contributed by atoms with Crippen molar-refractivity contribution in [1.82, 2.24) is 9.88 Å². The number of pyridine rings is 1. The fraction of sp³-hybridized carbons (Fsp3) is 0.333. The number of fused-ring (bicyclic) bond motifs is 1. The lowest BCUT2D eigenvalue weighted by molar-refractivity contribution is -0.143. The Hall–Kier alpha value is -4.59. The van der Waals surface area contributed by atoms with Gasteiger partial charge in [-0.3, -0.25) is 4.98 Å². The molecule has 1 spiro atoms. The molecule has 1 aromatic heterocycles. The van der Waals surface area contributed by atoms with Crippen molar-refractivity contribution < 1.29 is 49.0 Å². The van der Waals surface area contributed by atoms with E-state index in [1.54, 1.807) is 36.5 Å². The lowest BCUT2D eigenvalue weighted by Gasteiger charge is -2.44. The minimum Gasteiger partial charge on any atom is -0.487 e. The molecule has 4 aromatic rings. The van der Waals surface area contributed by atoms with Crippen molar-refractivity contribution in [2.75, 3.05) is 13.1 Å². The number of likely N-dealkylation sites (tertiary alicyclic amines) is 1. The molecule has 0 aliphatic carbocycles. The average Bonchev–Trinajstić information content (AvgIpc) is 3.07. The number of carbonyl (C=O) groups excluding carboxylic acids is 1. The third-order valence-corrected chi connectivity index (χ3v) is 10.5. The number of ether oxygens (including phenoxy) is 2. The van der Waals surface area contributed by atoms with Crippen molar-refractivity contribution in [3.8, 4) is 16.9 Å². The molecule has 1 saturated heterocycles. The molecule has 1 fully saturated rings. The zero-order valence-electron chi connectivity index (χ0n) is 26.6. The molecular formula is C36H32F6N2O5S. The van der Waals surface area contributed by atoms with Crippen molar-refractivity contribution in [2.45, 2.75) is 61.7 Å². The Morgan fingerprint density at radius 2 is 1.46 bits per heavy atom. The van der Waals surface area contributed by atoms with Crippen LogP contribution in [-0.4, -0.2) is 43.1 Å². The Kier molecular flexibility index (Phi) is 9.59. The number of benzene rings is 3. The van der Waals surface area contributed by atoms with Gasteiger partial charge in [0.15, 0.2) is 9.84 Å². The third kappa shape index (κ3) is 8.40. The quantitative estimate of drug-likeness (QED) is 0.179. The average molecular weight is 719 g/mol. The number of halogens is 6. The van der Waals surface area contributed by atoms with Crippen molar-refractivity contribution in [3.05, 3.63) is 119 Å². The molecule has 3 aromatic carbocycles. The molecule has 0 bridgehead atoms. The van der Waals surface area contributed by atoms with Gasteiger partial charge in [-0.15, -0.1) is 0 Å². The minimum absolute atomic E-state index is 0.0271. The van der Waals surface area contributed by atoms with Gasteiger partial charge in [0, 0.05) is 32.1 Å². The van der Waals surface area contributed by atoms with Gasteiger partial charge < -0.3 is 14.4 Å². The van der Waals surface area contributed by atoms with Crippen LogP contribution >= 0.6 is 0 Å². The van der Waals surface area contributed by atoms with Gasteiger partial charge in [-0.2, -0.15) is 26.3 Å². The maximum atomic E-state index is 13.2. The van der Waals surface area contributed by atoms with Crippen LogP contribution in [0.1, 0.15) is 52.8 Å². The molecule has 1 amide bonds. The first kappa shape index (κ1) is 35.2. The molecule has 0 unspecified atom stereocenters. The number of amides is 1. The maximum absolute atomic E-state index is 13.2. The third-order valence-electron chi connectivity index (χ3n) is 8.95. The Morgan fingerprint density at radius 3 is 2.08 bits per heavy atom. The Balaban J connectivity index is 1.03. The van der Waals surface area contributed by atoms with Crippen LogP contribution in [0, 0.1) is 0 Å². The number of nitrogens with zero attached hydrogens (tertiary/aromatic N) is 2. The second-order valence-electron chi connectivity index (χ2n) is 12.6. The zero-order valence-corrected chi connectivity index (χ0v) is 27.4. The molecule has 2 aliphatic heterocycles. The number of rotatable bonds is 7. The van der Waals surface area contributed by atoms with Crippen LogP contribution in [-0.2, 0) is 51.5 Å². The smallest absolute Gasteiger partial charge is 0.416 e. The number of alkyl halides is 6. The van der Waals surface area contributed by atoms with Gasteiger partial charge in [0.2, 0.25) is 0 Å². The minimum atomic E-state index is -5.00. The van der Waals surface area contributed by atoms with Gasteiger partial charge in [0.25, 0.3) is 0 Å². The van der Waals surface area contributed by atoms with Gasteiger partial charge in [-0.25, -0.2) is 13.2 Å². The molecule has 6 rings (SSSR count). The highest BCUT2D eigenvalue weighted by Gasteiger charge is 2.41. The zero-order chi connectivity index (χ0) is 35.7. The van der Waals surface area contributed by atoms with Gasteiger partial charge in [0.05, 0.1) is 28.3 Å². The van der Waals surface area contributed by atoms with Crippen LogP contribution < -0.4 is 4.74 Å². The summed E-state index contributed by atoms with van der Waals surface area (Å²) in [5.74, 6) is 0.485. The van der Waals surface area contributed by atoms with E-state index in [-0.39, 0.29) is 30.7 Å². The molecule has 3 heterocycles. The summed E-state index contributed by atoms with van der Waals surface area (Å²) in [6, 6.07) is 19.5. The standard InChI is InChI=1S/C36H32F6N2O5S/c37-35(38,39)29-17-25(18-30(20-29)36(40,41)42)21-48-33(45)44-15-12-34(13-16-44)11-10-28-19-27(8-9-32(28)49-34)26-6-4-24(5-7-26)22-50(46,47)23-31-3-1-2-14-43-31/h1-9,14,17-20H,10-13,15-16,21-23H2. The van der Waals surface area contributed by atoms with Crippen molar-refractivity contribution in [3.63, 3.8) is 0 Å². The van der Waals surface area contributed by atoms with E-state index < -0.39 is 57.2 Å². The van der Waals surface area contributed by atoms with E-state index in [2.05, 4.69) is 4.98 Å². The Morgan fingerprint density at radius 1 is 0.800 bits per heavy atom. The molecule has 7 nitrogen and oxygen atoms in total. The highest BCUT2D eigenvalue weighted by atomic mass is 32.2. The van der Waals surface area contributed by atoms with E-state index in [9.17, 15) is 39.6 Å². The van der Waals surface area contributed by atoms with Crippen LogP contribution in [0.5, 0.6) is 5.75 Å². The lowest BCUT2D eigenvalue weighted by Crippen LogP contribution is -2.51.